The van der Waals surface area contributed by atoms with Crippen molar-refractivity contribution < 1.29 is 40.6 Å². The Hall–Kier alpha value is -1.10. The number of hydrogen-bond acceptors (Lipinski definition) is 8. The average Bonchev–Trinajstić information content (AvgIpc) is 2.46. The van der Waals surface area contributed by atoms with Crippen LogP contribution in [0.2, 0.25) is 0 Å². The van der Waals surface area contributed by atoms with Gasteiger partial charge in [-0.2, -0.15) is 0 Å². The first-order valence-electron chi connectivity index (χ1n) is 5.94. The Morgan fingerprint density at radius 2 is 1.25 bits per heavy atom. The van der Waals surface area contributed by atoms with E-state index in [9.17, 15) is 0 Å². The van der Waals surface area contributed by atoms with E-state index in [1.54, 1.807) is 6.07 Å². The zero-order valence-corrected chi connectivity index (χ0v) is 10.7. The van der Waals surface area contributed by atoms with Gasteiger partial charge in [0.25, 0.3) is 0 Å². The summed E-state index contributed by atoms with van der Waals surface area (Å²) in [6.45, 7) is -0.330. The largest absolute Gasteiger partial charge is 0.252 e. The summed E-state index contributed by atoms with van der Waals surface area (Å²) in [4.78, 5) is 16.2. The fraction of sp³-hybridized carbons (Fsp3) is 0.500. The van der Waals surface area contributed by atoms with Gasteiger partial charge in [0.2, 0.25) is 0 Å². The lowest BCUT2D eigenvalue weighted by Gasteiger charge is -2.14. The maximum Gasteiger partial charge on any atom is 0.123 e. The second-order valence-electron chi connectivity index (χ2n) is 4.27. The minimum Gasteiger partial charge on any atom is -0.252 e. The Balaban J connectivity index is 2.64. The molecule has 0 aliphatic carbocycles. The normalized spacial score (nSPS) is 14.2. The van der Waals surface area contributed by atoms with Crippen LogP contribution in [-0.4, -0.2) is 46.5 Å². The van der Waals surface area contributed by atoms with Gasteiger partial charge in [0.05, 0.1) is 0 Å². The SMILES string of the molecule is OOCC(Cc1cccc(CC(COO)OO)c1)OO. The van der Waals surface area contributed by atoms with Gasteiger partial charge >= 0.3 is 0 Å². The molecule has 0 amide bonds. The molecule has 0 aromatic heterocycles. The summed E-state index contributed by atoms with van der Waals surface area (Å²) in [7, 11) is 0. The van der Waals surface area contributed by atoms with Crippen LogP contribution < -0.4 is 0 Å². The molecule has 2 atom stereocenters. The van der Waals surface area contributed by atoms with Gasteiger partial charge in [0.1, 0.15) is 25.4 Å². The molecule has 4 N–H and O–H groups in total. The zero-order chi connectivity index (χ0) is 14.8. The van der Waals surface area contributed by atoms with E-state index >= 15 is 0 Å². The molecule has 0 spiro atoms. The van der Waals surface area contributed by atoms with Crippen molar-refractivity contribution in [3.63, 3.8) is 0 Å². The summed E-state index contributed by atoms with van der Waals surface area (Å²) < 4.78 is 0. The van der Waals surface area contributed by atoms with Gasteiger partial charge in [-0.3, -0.25) is 21.0 Å². The lowest BCUT2D eigenvalue weighted by atomic mass is 10.0. The number of hydrogen-bond donors (Lipinski definition) is 4. The van der Waals surface area contributed by atoms with Crippen molar-refractivity contribution in [2.45, 2.75) is 25.0 Å². The van der Waals surface area contributed by atoms with E-state index in [2.05, 4.69) is 19.6 Å². The monoisotopic (exact) mass is 290 g/mol. The molecular formula is C12H18O8. The minimum absolute atomic E-state index is 0.165. The first-order chi connectivity index (χ1) is 9.73. The van der Waals surface area contributed by atoms with Crippen LogP contribution >= 0.6 is 0 Å². The fourth-order valence-corrected chi connectivity index (χ4v) is 1.83. The van der Waals surface area contributed by atoms with Crippen molar-refractivity contribution in [2.75, 3.05) is 13.2 Å². The summed E-state index contributed by atoms with van der Waals surface area (Å²) >= 11 is 0. The molecule has 8 heteroatoms. The van der Waals surface area contributed by atoms with Gasteiger partial charge in [0.15, 0.2) is 0 Å². The molecule has 0 saturated carbocycles. The van der Waals surface area contributed by atoms with Gasteiger partial charge in [-0.25, -0.2) is 19.6 Å². The molecule has 20 heavy (non-hydrogen) atoms. The maximum atomic E-state index is 8.65. The van der Waals surface area contributed by atoms with Crippen molar-refractivity contribution in [1.29, 1.82) is 0 Å². The molecule has 0 aliphatic rings. The minimum atomic E-state index is -0.694. The third kappa shape index (κ3) is 5.90. The fourth-order valence-electron chi connectivity index (χ4n) is 1.83. The quantitative estimate of drug-likeness (QED) is 0.378. The van der Waals surface area contributed by atoms with Gasteiger partial charge in [-0.15, -0.1) is 0 Å². The van der Waals surface area contributed by atoms with Gasteiger partial charge in [-0.1, -0.05) is 24.3 Å². The number of rotatable bonds is 10. The highest BCUT2D eigenvalue weighted by Gasteiger charge is 2.13. The number of benzene rings is 1. The van der Waals surface area contributed by atoms with Crippen LogP contribution in [0, 0.1) is 0 Å². The molecule has 0 radical (unpaired) electrons. The highest BCUT2D eigenvalue weighted by molar-refractivity contribution is 5.24. The second kappa shape index (κ2) is 9.75. The van der Waals surface area contributed by atoms with E-state index in [0.717, 1.165) is 11.1 Å². The molecular weight excluding hydrogens is 272 g/mol. The maximum absolute atomic E-state index is 8.65. The molecule has 1 aromatic carbocycles. The van der Waals surface area contributed by atoms with Gasteiger partial charge in [0, 0.05) is 12.8 Å². The molecule has 114 valence electrons. The Morgan fingerprint density at radius 3 is 1.60 bits per heavy atom. The predicted molar refractivity (Wildman–Crippen MR) is 66.0 cm³/mol. The van der Waals surface area contributed by atoms with Crippen LogP contribution in [0.1, 0.15) is 11.1 Å². The predicted octanol–water partition coefficient (Wildman–Crippen LogP) is 1.47. The molecule has 0 bridgehead atoms. The molecule has 1 rings (SSSR count). The second-order valence-corrected chi connectivity index (χ2v) is 4.27. The highest BCUT2D eigenvalue weighted by atomic mass is 17.1. The standard InChI is InChI=1S/C12H18O8/c13-17-7-11(19-15)5-9-2-1-3-10(4-9)6-12(20-16)8-18-14/h1-4,11-16H,5-8H2. The third-order valence-electron chi connectivity index (χ3n) is 2.74. The van der Waals surface area contributed by atoms with Crippen LogP contribution in [0.5, 0.6) is 0 Å². The van der Waals surface area contributed by atoms with Crippen LogP contribution in [0.15, 0.2) is 24.3 Å². The van der Waals surface area contributed by atoms with Crippen molar-refractivity contribution in [3.8, 4) is 0 Å². The van der Waals surface area contributed by atoms with E-state index in [1.807, 2.05) is 18.2 Å². The van der Waals surface area contributed by atoms with Gasteiger partial charge < -0.3 is 0 Å². The molecule has 2 unspecified atom stereocenters. The Kier molecular flexibility index (Phi) is 8.26. The smallest absolute Gasteiger partial charge is 0.123 e. The topological polar surface area (TPSA) is 118 Å². The van der Waals surface area contributed by atoms with E-state index in [0.29, 0.717) is 12.8 Å². The van der Waals surface area contributed by atoms with Crippen LogP contribution in [0.3, 0.4) is 0 Å². The molecule has 8 nitrogen and oxygen atoms in total. The Morgan fingerprint density at radius 1 is 0.800 bits per heavy atom. The van der Waals surface area contributed by atoms with E-state index < -0.39 is 12.2 Å². The van der Waals surface area contributed by atoms with E-state index in [4.69, 9.17) is 21.0 Å². The third-order valence-corrected chi connectivity index (χ3v) is 2.74. The average molecular weight is 290 g/mol. The molecule has 0 saturated heterocycles. The molecule has 0 aliphatic heterocycles. The van der Waals surface area contributed by atoms with Crippen LogP contribution in [-0.2, 0) is 32.4 Å². The van der Waals surface area contributed by atoms with Crippen molar-refractivity contribution in [3.05, 3.63) is 35.4 Å². The zero-order valence-electron chi connectivity index (χ0n) is 10.7. The van der Waals surface area contributed by atoms with Crippen LogP contribution in [0.4, 0.5) is 0 Å². The van der Waals surface area contributed by atoms with Crippen molar-refractivity contribution in [2.24, 2.45) is 0 Å². The summed E-state index contributed by atoms with van der Waals surface area (Å²) in [5.74, 6) is 0. The Labute approximate surface area is 115 Å². The lowest BCUT2D eigenvalue weighted by Crippen LogP contribution is -2.22. The van der Waals surface area contributed by atoms with E-state index in [-0.39, 0.29) is 13.2 Å². The summed E-state index contributed by atoms with van der Waals surface area (Å²) in [6.07, 6.45) is -0.736. The highest BCUT2D eigenvalue weighted by Crippen LogP contribution is 2.12. The first kappa shape index (κ1) is 17.0. The summed E-state index contributed by atoms with van der Waals surface area (Å²) in [6, 6.07) is 7.22. The molecule has 0 fully saturated rings. The summed E-state index contributed by atoms with van der Waals surface area (Å²) in [5, 5.41) is 34.0. The van der Waals surface area contributed by atoms with E-state index in [1.165, 1.54) is 0 Å². The first-order valence-corrected chi connectivity index (χ1v) is 5.94. The summed E-state index contributed by atoms with van der Waals surface area (Å²) in [5.41, 5.74) is 1.67. The molecule has 1 aromatic rings. The van der Waals surface area contributed by atoms with Gasteiger partial charge in [-0.05, 0) is 11.1 Å². The Bertz CT molecular complexity index is 341. The van der Waals surface area contributed by atoms with Crippen molar-refractivity contribution >= 4 is 0 Å². The van der Waals surface area contributed by atoms with Crippen molar-refractivity contribution in [1.82, 2.24) is 0 Å². The lowest BCUT2D eigenvalue weighted by molar-refractivity contribution is -0.326. The molecule has 0 heterocycles. The van der Waals surface area contributed by atoms with Crippen LogP contribution in [0.25, 0.3) is 0 Å².